The van der Waals surface area contributed by atoms with Crippen LogP contribution in [0.1, 0.15) is 40.5 Å². The summed E-state index contributed by atoms with van der Waals surface area (Å²) in [6, 6.07) is 1.06. The Morgan fingerprint density at radius 2 is 1.78 bits per heavy atom. The number of fused-ring (bicyclic) bond motifs is 1. The minimum absolute atomic E-state index is 0.0424. The average molecular weight is 320 g/mol. The fraction of sp³-hybridized carbons (Fsp3) is 0.375. The number of phenolic OH excluding ortho intramolecular Hbond substituents is 2. The van der Waals surface area contributed by atoms with E-state index >= 15 is 0 Å². The van der Waals surface area contributed by atoms with Crippen molar-refractivity contribution in [1.29, 1.82) is 0 Å². The Kier molecular flexibility index (Phi) is 3.24. The van der Waals surface area contributed by atoms with Gasteiger partial charge in [0.15, 0.2) is 23.1 Å². The van der Waals surface area contributed by atoms with Gasteiger partial charge in [-0.2, -0.15) is 0 Å². The minimum Gasteiger partial charge on any atom is -0.507 e. The molecular formula is C16H16O7. The number of rotatable bonds is 1. The number of carbonyl (C=O) groups is 2. The first-order chi connectivity index (χ1) is 10.7. The van der Waals surface area contributed by atoms with Crippen LogP contribution in [-0.4, -0.2) is 50.8 Å². The molecule has 0 saturated carbocycles. The molecule has 3 rings (SSSR count). The third-order valence-electron chi connectivity index (χ3n) is 4.48. The van der Waals surface area contributed by atoms with Gasteiger partial charge in [0.2, 0.25) is 0 Å². The van der Waals surface area contributed by atoms with Crippen molar-refractivity contribution in [3.05, 3.63) is 28.3 Å². The van der Waals surface area contributed by atoms with Crippen molar-refractivity contribution >= 4 is 11.6 Å². The van der Waals surface area contributed by atoms with Crippen molar-refractivity contribution < 1.29 is 34.8 Å². The van der Waals surface area contributed by atoms with Crippen molar-refractivity contribution in [2.75, 3.05) is 7.11 Å². The van der Waals surface area contributed by atoms with Gasteiger partial charge in [-0.15, -0.1) is 0 Å². The zero-order chi connectivity index (χ0) is 17.1. The van der Waals surface area contributed by atoms with Crippen LogP contribution in [0.3, 0.4) is 0 Å². The lowest BCUT2D eigenvalue weighted by Gasteiger charge is -2.37. The smallest absolute Gasteiger partial charge is 0.194 e. The molecule has 0 saturated heterocycles. The molecule has 1 aromatic carbocycles. The molecular weight excluding hydrogens is 304 g/mol. The van der Waals surface area contributed by atoms with Crippen LogP contribution in [0.25, 0.3) is 0 Å². The normalized spacial score (nSPS) is 26.9. The van der Waals surface area contributed by atoms with Gasteiger partial charge in [0.25, 0.3) is 0 Å². The number of hydrogen-bond acceptors (Lipinski definition) is 7. The zero-order valence-corrected chi connectivity index (χ0v) is 12.6. The third-order valence-corrected chi connectivity index (χ3v) is 4.48. The Bertz CT molecular complexity index is 773. The molecule has 0 amide bonds. The highest BCUT2D eigenvalue weighted by Gasteiger charge is 2.46. The molecule has 0 heterocycles. The Morgan fingerprint density at radius 3 is 2.39 bits per heavy atom. The lowest BCUT2D eigenvalue weighted by atomic mass is 9.71. The maximum absolute atomic E-state index is 12.7. The van der Waals surface area contributed by atoms with Gasteiger partial charge in [-0.3, -0.25) is 9.59 Å². The van der Waals surface area contributed by atoms with Crippen molar-refractivity contribution in [3.63, 3.8) is 0 Å². The highest BCUT2D eigenvalue weighted by atomic mass is 16.5. The molecule has 0 radical (unpaired) electrons. The molecule has 23 heavy (non-hydrogen) atoms. The standard InChI is InChI=1S/C16H16O7/c1-16(22)5-7-6(3-10(16)18)13(19)11-8(17)4-9(23-2)15(21)12(11)14(7)20/h4,10,17-18,21-22H,3,5H2,1-2H3/t10-,16+/m0/s1. The number of phenols is 2. The maximum atomic E-state index is 12.7. The van der Waals surface area contributed by atoms with E-state index in [1.165, 1.54) is 14.0 Å². The van der Waals surface area contributed by atoms with Crippen LogP contribution in [0.2, 0.25) is 0 Å². The van der Waals surface area contributed by atoms with Gasteiger partial charge in [0, 0.05) is 30.1 Å². The van der Waals surface area contributed by atoms with Gasteiger partial charge >= 0.3 is 0 Å². The van der Waals surface area contributed by atoms with Crippen molar-refractivity contribution in [3.8, 4) is 17.2 Å². The van der Waals surface area contributed by atoms with E-state index in [4.69, 9.17) is 4.74 Å². The van der Waals surface area contributed by atoms with Crippen molar-refractivity contribution in [2.45, 2.75) is 31.5 Å². The molecule has 4 N–H and O–H groups in total. The number of ketones is 2. The number of aliphatic hydroxyl groups is 2. The van der Waals surface area contributed by atoms with Crippen molar-refractivity contribution in [2.24, 2.45) is 0 Å². The topological polar surface area (TPSA) is 124 Å². The van der Waals surface area contributed by atoms with E-state index in [1.807, 2.05) is 0 Å². The molecule has 2 atom stereocenters. The third kappa shape index (κ3) is 2.04. The van der Waals surface area contributed by atoms with Crippen molar-refractivity contribution in [1.82, 2.24) is 0 Å². The Hall–Kier alpha value is -2.38. The van der Waals surface area contributed by atoms with Gasteiger partial charge < -0.3 is 25.2 Å². The van der Waals surface area contributed by atoms with Crippen LogP contribution in [-0.2, 0) is 0 Å². The first-order valence-corrected chi connectivity index (χ1v) is 7.03. The summed E-state index contributed by atoms with van der Waals surface area (Å²) in [5.41, 5.74) is -2.09. The zero-order valence-electron chi connectivity index (χ0n) is 12.6. The van der Waals surface area contributed by atoms with Gasteiger partial charge in [-0.25, -0.2) is 0 Å². The second-order valence-corrected chi connectivity index (χ2v) is 6.07. The van der Waals surface area contributed by atoms with E-state index in [-0.39, 0.29) is 40.9 Å². The Balaban J connectivity index is 2.25. The number of benzene rings is 1. The number of methoxy groups -OCH3 is 1. The first kappa shape index (κ1) is 15.5. The lowest BCUT2D eigenvalue weighted by molar-refractivity contribution is -0.0651. The molecule has 0 aliphatic heterocycles. The van der Waals surface area contributed by atoms with E-state index in [0.717, 1.165) is 6.07 Å². The molecule has 0 unspecified atom stereocenters. The van der Waals surface area contributed by atoms with Crippen LogP contribution < -0.4 is 4.74 Å². The number of ether oxygens (including phenoxy) is 1. The molecule has 0 bridgehead atoms. The summed E-state index contributed by atoms with van der Waals surface area (Å²) < 4.78 is 4.89. The summed E-state index contributed by atoms with van der Waals surface area (Å²) in [5.74, 6) is -2.44. The quantitative estimate of drug-likeness (QED) is 0.561. The summed E-state index contributed by atoms with van der Waals surface area (Å²) in [7, 11) is 1.25. The number of aromatic hydroxyl groups is 2. The summed E-state index contributed by atoms with van der Waals surface area (Å²) in [6.45, 7) is 1.37. The van der Waals surface area contributed by atoms with E-state index in [1.54, 1.807) is 0 Å². The molecule has 7 nitrogen and oxygen atoms in total. The van der Waals surface area contributed by atoms with Crippen LogP contribution in [0.15, 0.2) is 17.2 Å². The first-order valence-electron chi connectivity index (χ1n) is 7.03. The predicted octanol–water partition coefficient (Wildman–Crippen LogP) is 0.688. The van der Waals surface area contributed by atoms with E-state index in [0.29, 0.717) is 0 Å². The summed E-state index contributed by atoms with van der Waals surface area (Å²) in [6.07, 6.45) is -1.61. The molecule has 0 aromatic heterocycles. The highest BCUT2D eigenvalue weighted by Crippen LogP contribution is 2.47. The highest BCUT2D eigenvalue weighted by molar-refractivity contribution is 6.29. The molecule has 122 valence electrons. The molecule has 7 heteroatoms. The molecule has 1 aromatic rings. The summed E-state index contributed by atoms with van der Waals surface area (Å²) in [4.78, 5) is 25.3. The predicted molar refractivity (Wildman–Crippen MR) is 77.9 cm³/mol. The van der Waals surface area contributed by atoms with E-state index < -0.39 is 34.8 Å². The number of carbonyl (C=O) groups excluding carboxylic acids is 2. The monoisotopic (exact) mass is 320 g/mol. The maximum Gasteiger partial charge on any atom is 0.194 e. The molecule has 0 fully saturated rings. The SMILES string of the molecule is COc1cc(O)c2c(c1O)C(=O)C1=C(C[C@H](O)[C@](C)(O)C1)C2=O. The molecule has 2 aliphatic rings. The lowest BCUT2D eigenvalue weighted by Crippen LogP contribution is -2.46. The number of aliphatic hydroxyl groups excluding tert-OH is 1. The number of hydrogen-bond donors (Lipinski definition) is 4. The summed E-state index contributed by atoms with van der Waals surface area (Å²) in [5, 5.41) is 40.3. The molecule has 0 spiro atoms. The van der Waals surface area contributed by atoms with Gasteiger partial charge in [0.1, 0.15) is 5.75 Å². The van der Waals surface area contributed by atoms with E-state index in [2.05, 4.69) is 0 Å². The van der Waals surface area contributed by atoms with Gasteiger partial charge in [-0.1, -0.05) is 0 Å². The van der Waals surface area contributed by atoms with Gasteiger partial charge in [0.05, 0.1) is 29.9 Å². The fourth-order valence-electron chi connectivity index (χ4n) is 3.11. The minimum atomic E-state index is -1.55. The second-order valence-electron chi connectivity index (χ2n) is 6.07. The van der Waals surface area contributed by atoms with Crippen LogP contribution in [0, 0.1) is 0 Å². The van der Waals surface area contributed by atoms with Crippen LogP contribution in [0.4, 0.5) is 0 Å². The molecule has 2 aliphatic carbocycles. The van der Waals surface area contributed by atoms with Gasteiger partial charge in [-0.05, 0) is 6.92 Å². The van der Waals surface area contributed by atoms with Crippen LogP contribution >= 0.6 is 0 Å². The average Bonchev–Trinajstić information content (AvgIpc) is 2.48. The fourth-order valence-corrected chi connectivity index (χ4v) is 3.11. The summed E-state index contributed by atoms with van der Waals surface area (Å²) >= 11 is 0. The van der Waals surface area contributed by atoms with E-state index in [9.17, 15) is 30.0 Å². The number of Topliss-reactive ketones (excluding diaryl/α,β-unsaturated/α-hetero) is 2. The Labute approximate surface area is 131 Å². The largest absolute Gasteiger partial charge is 0.507 e. The second kappa shape index (κ2) is 4.81. The Morgan fingerprint density at radius 1 is 1.17 bits per heavy atom. The van der Waals surface area contributed by atoms with Crippen LogP contribution in [0.5, 0.6) is 17.2 Å².